The molecule has 0 saturated carbocycles. The summed E-state index contributed by atoms with van der Waals surface area (Å²) in [5.74, 6) is -0.435. The van der Waals surface area contributed by atoms with Crippen LogP contribution in [0.4, 0.5) is 0 Å². The van der Waals surface area contributed by atoms with Crippen molar-refractivity contribution in [2.24, 2.45) is 5.92 Å². The summed E-state index contributed by atoms with van der Waals surface area (Å²) >= 11 is 0. The lowest BCUT2D eigenvalue weighted by atomic mass is 9.71. The minimum atomic E-state index is -0.936. The lowest BCUT2D eigenvalue weighted by Crippen LogP contribution is -2.30. The molecule has 3 nitrogen and oxygen atoms in total. The Kier molecular flexibility index (Phi) is 4.36. The van der Waals surface area contributed by atoms with Crippen molar-refractivity contribution in [2.45, 2.75) is 51.6 Å². The van der Waals surface area contributed by atoms with E-state index in [1.165, 1.54) is 11.1 Å². The van der Waals surface area contributed by atoms with Crippen LogP contribution in [0.25, 0.3) is 10.8 Å². The van der Waals surface area contributed by atoms with Crippen molar-refractivity contribution < 1.29 is 15.0 Å². The Morgan fingerprint density at radius 2 is 1.38 bits per heavy atom. The molecule has 3 aromatic carbocycles. The van der Waals surface area contributed by atoms with Gasteiger partial charge in [0.2, 0.25) is 0 Å². The minimum absolute atomic E-state index is 0.0468. The molecule has 2 unspecified atom stereocenters. The van der Waals surface area contributed by atoms with Gasteiger partial charge in [-0.2, -0.15) is 0 Å². The third-order valence-corrected chi connectivity index (χ3v) is 7.34. The monoisotopic (exact) mass is 388 g/mol. The van der Waals surface area contributed by atoms with Crippen molar-refractivity contribution in [2.75, 3.05) is 0 Å². The number of fused-ring (bicyclic) bond motifs is 2. The van der Waals surface area contributed by atoms with Crippen molar-refractivity contribution in [3.63, 3.8) is 0 Å². The molecule has 3 aromatic rings. The van der Waals surface area contributed by atoms with Crippen LogP contribution in [-0.4, -0.2) is 16.2 Å². The lowest BCUT2D eigenvalue weighted by Gasteiger charge is -2.32. The van der Waals surface area contributed by atoms with Gasteiger partial charge < -0.3 is 10.2 Å². The van der Waals surface area contributed by atoms with Crippen LogP contribution >= 0.6 is 0 Å². The summed E-state index contributed by atoms with van der Waals surface area (Å²) in [6, 6.07) is 17.1. The highest BCUT2D eigenvalue weighted by Crippen LogP contribution is 2.54. The van der Waals surface area contributed by atoms with Gasteiger partial charge in [0.25, 0.3) is 0 Å². The largest absolute Gasteiger partial charge is 0.478 e. The first kappa shape index (κ1) is 19.7. The van der Waals surface area contributed by atoms with E-state index in [0.717, 1.165) is 21.9 Å². The van der Waals surface area contributed by atoms with Crippen LogP contribution in [0.5, 0.6) is 0 Å². The van der Waals surface area contributed by atoms with Gasteiger partial charge in [-0.3, -0.25) is 0 Å². The molecule has 1 aliphatic rings. The van der Waals surface area contributed by atoms with Gasteiger partial charge in [-0.1, -0.05) is 71.0 Å². The molecule has 1 aliphatic carbocycles. The first-order valence-electron chi connectivity index (χ1n) is 10.1. The Labute approximate surface area is 172 Å². The summed E-state index contributed by atoms with van der Waals surface area (Å²) in [5, 5.41) is 22.0. The summed E-state index contributed by atoms with van der Waals surface area (Å²) in [6.45, 7) is 11.5. The van der Waals surface area contributed by atoms with Crippen LogP contribution < -0.4 is 0 Å². The normalized spacial score (nSPS) is 20.4. The second-order valence-corrected chi connectivity index (χ2v) is 9.50. The number of rotatable bonds is 3. The molecule has 4 rings (SSSR count). The SMILES string of the molecule is CC1C(C)(C)c2ccc(C(O)c3ccc4cc(C(=O)O)ccc4c3)cc2C1(C)C. The van der Waals surface area contributed by atoms with E-state index in [1.807, 2.05) is 24.3 Å². The molecular weight excluding hydrogens is 360 g/mol. The van der Waals surface area contributed by atoms with Crippen molar-refractivity contribution in [1.82, 2.24) is 0 Å². The maximum Gasteiger partial charge on any atom is 0.335 e. The van der Waals surface area contributed by atoms with E-state index < -0.39 is 12.1 Å². The molecule has 0 saturated heterocycles. The second-order valence-electron chi connectivity index (χ2n) is 9.50. The van der Waals surface area contributed by atoms with Crippen LogP contribution in [-0.2, 0) is 10.8 Å². The molecule has 0 fully saturated rings. The van der Waals surface area contributed by atoms with Gasteiger partial charge >= 0.3 is 5.97 Å². The van der Waals surface area contributed by atoms with Crippen LogP contribution in [0.15, 0.2) is 54.6 Å². The van der Waals surface area contributed by atoms with Crippen LogP contribution in [0.2, 0.25) is 0 Å². The van der Waals surface area contributed by atoms with E-state index in [2.05, 4.69) is 46.8 Å². The third kappa shape index (κ3) is 2.96. The number of carboxylic acids is 1. The van der Waals surface area contributed by atoms with Crippen molar-refractivity contribution >= 4 is 16.7 Å². The average Bonchev–Trinajstić information content (AvgIpc) is 2.83. The maximum atomic E-state index is 11.2. The van der Waals surface area contributed by atoms with Crippen LogP contribution in [0, 0.1) is 5.92 Å². The number of aliphatic hydroxyl groups is 1. The fraction of sp³-hybridized carbons (Fsp3) is 0.346. The summed E-state index contributed by atoms with van der Waals surface area (Å²) in [7, 11) is 0. The number of benzene rings is 3. The highest BCUT2D eigenvalue weighted by Gasteiger charge is 2.48. The number of carboxylic acid groups (broad SMARTS) is 1. The van der Waals surface area contributed by atoms with Gasteiger partial charge in [0.15, 0.2) is 0 Å². The van der Waals surface area contributed by atoms with Crippen LogP contribution in [0.1, 0.15) is 73.3 Å². The minimum Gasteiger partial charge on any atom is -0.478 e. The molecule has 0 amide bonds. The summed E-state index contributed by atoms with van der Waals surface area (Å²) in [6.07, 6.45) is -0.723. The summed E-state index contributed by atoms with van der Waals surface area (Å²) in [4.78, 5) is 11.2. The van der Waals surface area contributed by atoms with E-state index >= 15 is 0 Å². The van der Waals surface area contributed by atoms with E-state index in [0.29, 0.717) is 5.92 Å². The second kappa shape index (κ2) is 6.43. The fourth-order valence-corrected chi connectivity index (χ4v) is 4.96. The maximum absolute atomic E-state index is 11.2. The lowest BCUT2D eigenvalue weighted by molar-refractivity contribution is 0.0697. The summed E-state index contributed by atoms with van der Waals surface area (Å²) in [5.41, 5.74) is 4.80. The van der Waals surface area contributed by atoms with E-state index in [-0.39, 0.29) is 16.4 Å². The zero-order chi connectivity index (χ0) is 21.1. The summed E-state index contributed by atoms with van der Waals surface area (Å²) < 4.78 is 0. The van der Waals surface area contributed by atoms with E-state index in [9.17, 15) is 15.0 Å². The fourth-order valence-electron chi connectivity index (χ4n) is 4.96. The molecule has 0 bridgehead atoms. The number of aliphatic hydroxyl groups excluding tert-OH is 1. The predicted octanol–water partition coefficient (Wildman–Crippen LogP) is 5.82. The zero-order valence-corrected chi connectivity index (χ0v) is 17.7. The number of carbonyl (C=O) groups is 1. The van der Waals surface area contributed by atoms with Crippen molar-refractivity contribution in [3.05, 3.63) is 82.4 Å². The van der Waals surface area contributed by atoms with E-state index in [1.54, 1.807) is 18.2 Å². The molecule has 2 N–H and O–H groups in total. The quantitative estimate of drug-likeness (QED) is 0.594. The molecule has 2 atom stereocenters. The molecule has 0 radical (unpaired) electrons. The van der Waals surface area contributed by atoms with Crippen molar-refractivity contribution in [3.8, 4) is 0 Å². The molecule has 0 aliphatic heterocycles. The smallest absolute Gasteiger partial charge is 0.335 e. The van der Waals surface area contributed by atoms with Gasteiger partial charge in [0.05, 0.1) is 5.56 Å². The van der Waals surface area contributed by atoms with E-state index in [4.69, 9.17) is 0 Å². The average molecular weight is 389 g/mol. The van der Waals surface area contributed by atoms with Crippen molar-refractivity contribution in [1.29, 1.82) is 0 Å². The molecule has 150 valence electrons. The predicted molar refractivity (Wildman–Crippen MR) is 117 cm³/mol. The highest BCUT2D eigenvalue weighted by molar-refractivity contribution is 5.94. The standard InChI is InChI=1S/C26H28O3/c1-15-25(2,3)21-11-10-19(14-22(21)26(15,4)5)23(27)18-8-6-17-13-20(24(28)29)9-7-16(17)12-18/h6-15,23,27H,1-5H3,(H,28,29). The zero-order valence-electron chi connectivity index (χ0n) is 17.7. The number of hydrogen-bond donors (Lipinski definition) is 2. The Hall–Kier alpha value is -2.65. The molecule has 0 spiro atoms. The number of aromatic carboxylic acids is 1. The topological polar surface area (TPSA) is 57.5 Å². The Morgan fingerprint density at radius 3 is 2.07 bits per heavy atom. The van der Waals surface area contributed by atoms with Gasteiger partial charge in [-0.05, 0) is 68.0 Å². The van der Waals surface area contributed by atoms with Gasteiger partial charge in [-0.25, -0.2) is 4.79 Å². The molecular formula is C26H28O3. The molecule has 0 aromatic heterocycles. The molecule has 0 heterocycles. The molecule has 29 heavy (non-hydrogen) atoms. The van der Waals surface area contributed by atoms with Gasteiger partial charge in [0, 0.05) is 0 Å². The van der Waals surface area contributed by atoms with Crippen LogP contribution in [0.3, 0.4) is 0 Å². The molecule has 3 heteroatoms. The number of hydrogen-bond acceptors (Lipinski definition) is 2. The Morgan fingerprint density at radius 1 is 0.828 bits per heavy atom. The highest BCUT2D eigenvalue weighted by atomic mass is 16.4. The van der Waals surface area contributed by atoms with Gasteiger partial charge in [-0.15, -0.1) is 0 Å². The first-order valence-corrected chi connectivity index (χ1v) is 10.1. The Balaban J connectivity index is 1.74. The Bertz CT molecular complexity index is 1120. The third-order valence-electron chi connectivity index (χ3n) is 7.34. The van der Waals surface area contributed by atoms with Gasteiger partial charge in [0.1, 0.15) is 6.10 Å². The first-order chi connectivity index (χ1) is 13.5.